The number of halogens is 3. The molecule has 59 heavy (non-hydrogen) atoms. The Morgan fingerprint density at radius 1 is 0.814 bits per heavy atom. The summed E-state index contributed by atoms with van der Waals surface area (Å²) in [6.07, 6.45) is 4.75. The molecule has 3 aromatic heterocycles. The van der Waals surface area contributed by atoms with Gasteiger partial charge in [-0.2, -0.15) is 0 Å². The van der Waals surface area contributed by atoms with Crippen molar-refractivity contribution in [2.75, 3.05) is 31.8 Å². The fourth-order valence-corrected chi connectivity index (χ4v) is 7.37. The Morgan fingerprint density at radius 3 is 2.10 bits per heavy atom. The molecule has 0 aliphatic heterocycles. The van der Waals surface area contributed by atoms with Gasteiger partial charge < -0.3 is 24.2 Å². The average Bonchev–Trinajstić information content (AvgIpc) is 3.90. The van der Waals surface area contributed by atoms with Crippen LogP contribution in [0.1, 0.15) is 50.9 Å². The van der Waals surface area contributed by atoms with Crippen molar-refractivity contribution in [2.24, 2.45) is 0 Å². The predicted octanol–water partition coefficient (Wildman–Crippen LogP) is 9.19. The summed E-state index contributed by atoms with van der Waals surface area (Å²) in [5.74, 6) is -1.85. The lowest BCUT2D eigenvalue weighted by atomic mass is 10.00. The third-order valence-corrected chi connectivity index (χ3v) is 10.8. The molecule has 0 spiro atoms. The molecule has 3 heterocycles. The van der Waals surface area contributed by atoms with Crippen LogP contribution in [-0.2, 0) is 10.0 Å². The number of sulfonamides is 1. The molecule has 0 bridgehead atoms. The van der Waals surface area contributed by atoms with Crippen LogP contribution in [0.5, 0.6) is 17.2 Å². The number of aromatic nitrogens is 4. The number of ketones is 2. The van der Waals surface area contributed by atoms with Gasteiger partial charge in [0, 0.05) is 45.1 Å². The van der Waals surface area contributed by atoms with Crippen molar-refractivity contribution in [1.82, 2.24) is 19.9 Å². The van der Waals surface area contributed by atoms with Crippen molar-refractivity contribution >= 4 is 49.9 Å². The number of nitrogens with one attached hydrogen (secondary N) is 3. The number of H-pyrrole nitrogens is 2. The molecule has 0 saturated heterocycles. The van der Waals surface area contributed by atoms with Crippen LogP contribution in [-0.4, -0.2) is 67.0 Å². The Balaban J connectivity index is 0.000000204. The van der Waals surface area contributed by atoms with Crippen molar-refractivity contribution in [2.45, 2.75) is 20.3 Å². The zero-order chi connectivity index (χ0) is 42.4. The first-order valence-electron chi connectivity index (χ1n) is 18.0. The number of methoxy groups -OCH3 is 3. The van der Waals surface area contributed by atoms with E-state index in [9.17, 15) is 22.4 Å². The molecule has 12 nitrogen and oxygen atoms in total. The lowest BCUT2D eigenvalue weighted by Gasteiger charge is -2.13. The highest BCUT2D eigenvalue weighted by atomic mass is 35.5. The normalized spacial score (nSPS) is 11.1. The third kappa shape index (κ3) is 9.27. The largest absolute Gasteiger partial charge is 0.493 e. The third-order valence-electron chi connectivity index (χ3n) is 9.08. The van der Waals surface area contributed by atoms with E-state index in [4.69, 9.17) is 25.8 Å². The van der Waals surface area contributed by atoms with E-state index in [-0.39, 0.29) is 17.1 Å². The van der Waals surface area contributed by atoms with E-state index in [0.717, 1.165) is 28.8 Å². The van der Waals surface area contributed by atoms with Gasteiger partial charge >= 0.3 is 0 Å². The molecule has 0 atom stereocenters. The molecule has 0 aliphatic rings. The number of hydrogen-bond donors (Lipinski definition) is 3. The minimum Gasteiger partial charge on any atom is -0.493 e. The summed E-state index contributed by atoms with van der Waals surface area (Å²) in [5, 5.41) is 0.925. The Kier molecular flexibility index (Phi) is 12.8. The van der Waals surface area contributed by atoms with Gasteiger partial charge in [0.1, 0.15) is 23.0 Å². The van der Waals surface area contributed by atoms with Gasteiger partial charge in [-0.15, -0.1) is 0 Å². The predicted molar refractivity (Wildman–Crippen MR) is 222 cm³/mol. The van der Waals surface area contributed by atoms with Gasteiger partial charge in [-0.25, -0.2) is 27.2 Å². The average molecular weight is 842 g/mol. The second-order valence-corrected chi connectivity index (χ2v) is 15.4. The summed E-state index contributed by atoms with van der Waals surface area (Å²) in [6.45, 7) is 3.67. The maximum Gasteiger partial charge on any atom is 0.232 e. The molecule has 0 unspecified atom stereocenters. The molecule has 0 aliphatic carbocycles. The number of ether oxygens (including phenoxy) is 3. The Morgan fingerprint density at radius 2 is 1.47 bits per heavy atom. The number of benzene rings is 4. The molecule has 16 heteroatoms. The van der Waals surface area contributed by atoms with Gasteiger partial charge in [0.05, 0.1) is 44.5 Å². The second-order valence-electron chi connectivity index (χ2n) is 13.1. The van der Waals surface area contributed by atoms with Gasteiger partial charge in [0.15, 0.2) is 17.3 Å². The quantitative estimate of drug-likeness (QED) is 0.0960. The molecule has 7 aromatic rings. The number of rotatable bonds is 13. The van der Waals surface area contributed by atoms with E-state index in [1.165, 1.54) is 33.7 Å². The van der Waals surface area contributed by atoms with Gasteiger partial charge in [-0.05, 0) is 61.4 Å². The van der Waals surface area contributed by atoms with E-state index in [1.54, 1.807) is 55.6 Å². The highest BCUT2D eigenvalue weighted by Gasteiger charge is 2.26. The number of imidazole rings is 1. The van der Waals surface area contributed by atoms with Crippen LogP contribution in [0.25, 0.3) is 33.5 Å². The number of aromatic amines is 2. The monoisotopic (exact) mass is 841 g/mol. The summed E-state index contributed by atoms with van der Waals surface area (Å²) in [7, 11) is 0.701. The van der Waals surface area contributed by atoms with Crippen LogP contribution in [0.4, 0.5) is 14.5 Å². The smallest absolute Gasteiger partial charge is 0.232 e. The van der Waals surface area contributed by atoms with Crippen LogP contribution < -0.4 is 18.9 Å². The Bertz CT molecular complexity index is 2750. The van der Waals surface area contributed by atoms with Gasteiger partial charge in [0.25, 0.3) is 0 Å². The first kappa shape index (κ1) is 42.0. The first-order valence-corrected chi connectivity index (χ1v) is 20.0. The highest BCUT2D eigenvalue weighted by molar-refractivity contribution is 7.92. The molecular weight excluding hydrogens is 804 g/mol. The number of aryl methyl sites for hydroxylation is 1. The maximum atomic E-state index is 15.1. The van der Waals surface area contributed by atoms with Crippen LogP contribution in [0, 0.1) is 18.6 Å². The van der Waals surface area contributed by atoms with E-state index in [2.05, 4.69) is 24.7 Å². The van der Waals surface area contributed by atoms with Gasteiger partial charge in [0.2, 0.25) is 27.3 Å². The van der Waals surface area contributed by atoms with E-state index in [0.29, 0.717) is 62.4 Å². The molecule has 0 amide bonds. The van der Waals surface area contributed by atoms with E-state index >= 15 is 4.39 Å². The number of anilines is 1. The van der Waals surface area contributed by atoms with Gasteiger partial charge in [-0.3, -0.25) is 14.3 Å². The number of carbonyl (C=O) groups is 2. The molecular formula is C43H38ClF2N5O7S. The molecule has 4 aromatic carbocycles. The summed E-state index contributed by atoms with van der Waals surface area (Å²) in [5.41, 5.74) is 3.35. The molecule has 7 rings (SSSR count). The number of hydrogen-bond acceptors (Lipinski definition) is 9. The maximum absolute atomic E-state index is 15.1. The van der Waals surface area contributed by atoms with Crippen molar-refractivity contribution in [3.8, 4) is 39.8 Å². The van der Waals surface area contributed by atoms with Crippen molar-refractivity contribution in [1.29, 1.82) is 0 Å². The number of pyridine rings is 1. The van der Waals surface area contributed by atoms with Crippen molar-refractivity contribution in [3.05, 3.63) is 142 Å². The Hall–Kier alpha value is -6.58. The van der Waals surface area contributed by atoms with Crippen molar-refractivity contribution in [3.63, 3.8) is 0 Å². The molecule has 0 radical (unpaired) electrons. The van der Waals surface area contributed by atoms with Gasteiger partial charge in [-0.1, -0.05) is 60.5 Å². The van der Waals surface area contributed by atoms with Crippen LogP contribution in [0.2, 0.25) is 5.02 Å². The molecule has 3 N–H and O–H groups in total. The summed E-state index contributed by atoms with van der Waals surface area (Å²) < 4.78 is 71.7. The fourth-order valence-electron chi connectivity index (χ4n) is 6.12. The minimum atomic E-state index is -3.84. The summed E-state index contributed by atoms with van der Waals surface area (Å²) >= 11 is 5.93. The molecule has 0 fully saturated rings. The number of nitrogens with zero attached hydrogens (tertiary/aromatic N) is 2. The standard InChI is InChI=1S/C23H18ClF2N3O3S.C20H20N2O4/c1-2-9-33(31,32)29-19-8-7-18(25)20(21(19)26)22(30)17-12-28-23-16(17)10-14(11-27-23)13-3-5-15(24)6-4-13;1-12-5-7-13(8-6-12)20-21-11-15(22-20)18(23)14-9-16(24-2)19(26-4)17(10-14)25-3/h3-8,10-12,29H,2,9H2,1H3,(H,27,28);5-11H,1-4H3,(H,21,22). The summed E-state index contributed by atoms with van der Waals surface area (Å²) in [4.78, 5) is 40.5. The zero-order valence-corrected chi connectivity index (χ0v) is 34.0. The fraction of sp³-hybridized carbons (Fsp3) is 0.163. The summed E-state index contributed by atoms with van der Waals surface area (Å²) in [6, 6.07) is 21.6. The lowest BCUT2D eigenvalue weighted by molar-refractivity contribution is 0.102. The number of carbonyl (C=O) groups excluding carboxylic acids is 2. The SMILES string of the molecule is CCCS(=O)(=O)Nc1ccc(F)c(C(=O)c2c[nH]c3ncc(-c4ccc(Cl)cc4)cc23)c1F.COc1cc(C(=O)c2cnc(-c3ccc(C)cc3)[nH]2)cc(OC)c1OC. The molecule has 304 valence electrons. The topological polar surface area (TPSA) is 165 Å². The van der Waals surface area contributed by atoms with Crippen LogP contribution in [0.15, 0.2) is 97.5 Å². The zero-order valence-electron chi connectivity index (χ0n) is 32.4. The molecule has 0 saturated carbocycles. The number of fused-ring (bicyclic) bond motifs is 1. The first-order chi connectivity index (χ1) is 28.3. The van der Waals surface area contributed by atoms with Crippen LogP contribution in [0.3, 0.4) is 0 Å². The lowest BCUT2D eigenvalue weighted by Crippen LogP contribution is -2.18. The second kappa shape index (κ2) is 17.9. The van der Waals surface area contributed by atoms with E-state index in [1.807, 2.05) is 31.2 Å². The van der Waals surface area contributed by atoms with Crippen molar-refractivity contribution < 1.29 is 41.0 Å². The highest BCUT2D eigenvalue weighted by Crippen LogP contribution is 2.39. The Labute approximate surface area is 343 Å². The van der Waals surface area contributed by atoms with E-state index < -0.39 is 38.7 Å². The van der Waals surface area contributed by atoms with Crippen LogP contribution >= 0.6 is 11.6 Å². The minimum absolute atomic E-state index is 0.000297.